The van der Waals surface area contributed by atoms with E-state index in [2.05, 4.69) is 10.4 Å². The molecule has 0 saturated heterocycles. The van der Waals surface area contributed by atoms with Crippen molar-refractivity contribution in [2.24, 2.45) is 0 Å². The minimum absolute atomic E-state index is 0.221. The monoisotopic (exact) mass is 309 g/mol. The number of carbonyl (C=O) groups excluding carboxylic acids is 1. The molecule has 0 aliphatic rings. The quantitative estimate of drug-likeness (QED) is 0.922. The van der Waals surface area contributed by atoms with Crippen LogP contribution in [0.15, 0.2) is 30.6 Å². The number of benzene rings is 1. The van der Waals surface area contributed by atoms with E-state index in [1.807, 2.05) is 0 Å². The first-order chi connectivity index (χ1) is 10.1. The normalized spacial score (nSPS) is 11.8. The first-order valence-corrected chi connectivity index (χ1v) is 6.66. The molecule has 112 valence electrons. The van der Waals surface area contributed by atoms with Crippen LogP contribution in [0.3, 0.4) is 0 Å². The van der Waals surface area contributed by atoms with Crippen LogP contribution in [-0.4, -0.2) is 29.9 Å². The molecule has 1 aromatic carbocycles. The van der Waals surface area contributed by atoms with Crippen molar-refractivity contribution in [1.82, 2.24) is 9.78 Å². The van der Waals surface area contributed by atoms with E-state index in [4.69, 9.17) is 21.1 Å². The maximum atomic E-state index is 12.3. The van der Waals surface area contributed by atoms with E-state index < -0.39 is 6.04 Å². The van der Waals surface area contributed by atoms with Gasteiger partial charge in [-0.15, -0.1) is 0 Å². The Morgan fingerprint density at radius 3 is 2.62 bits per heavy atom. The summed E-state index contributed by atoms with van der Waals surface area (Å²) in [5.41, 5.74) is 0.489. The summed E-state index contributed by atoms with van der Waals surface area (Å²) in [7, 11) is 3.01. The SMILES string of the molecule is COc1cc(NC(=O)C(C)n2cccn2)c(OC)cc1Cl. The van der Waals surface area contributed by atoms with Crippen LogP contribution in [0.1, 0.15) is 13.0 Å². The molecule has 1 aromatic heterocycles. The van der Waals surface area contributed by atoms with Gasteiger partial charge in [-0.25, -0.2) is 0 Å². The van der Waals surface area contributed by atoms with Crippen molar-refractivity contribution in [3.63, 3.8) is 0 Å². The summed E-state index contributed by atoms with van der Waals surface area (Å²) >= 11 is 6.03. The van der Waals surface area contributed by atoms with Crippen LogP contribution in [0.5, 0.6) is 11.5 Å². The minimum atomic E-state index is -0.452. The van der Waals surface area contributed by atoms with Gasteiger partial charge in [-0.05, 0) is 13.0 Å². The number of methoxy groups -OCH3 is 2. The van der Waals surface area contributed by atoms with Crippen molar-refractivity contribution in [3.8, 4) is 11.5 Å². The standard InChI is InChI=1S/C14H16ClN3O3/c1-9(18-6-4-5-16-18)14(19)17-11-8-12(20-2)10(15)7-13(11)21-3/h4-9H,1-3H3,(H,17,19). The molecule has 1 heterocycles. The Bertz CT molecular complexity index is 629. The molecule has 0 saturated carbocycles. The molecule has 6 nitrogen and oxygen atoms in total. The van der Waals surface area contributed by atoms with Gasteiger partial charge in [0.05, 0.1) is 24.9 Å². The van der Waals surface area contributed by atoms with Crippen LogP contribution in [0.2, 0.25) is 5.02 Å². The van der Waals surface area contributed by atoms with Crippen LogP contribution in [0, 0.1) is 0 Å². The van der Waals surface area contributed by atoms with E-state index in [9.17, 15) is 4.79 Å². The van der Waals surface area contributed by atoms with E-state index in [-0.39, 0.29) is 5.91 Å². The van der Waals surface area contributed by atoms with E-state index in [1.165, 1.54) is 14.2 Å². The third kappa shape index (κ3) is 3.28. The highest BCUT2D eigenvalue weighted by Gasteiger charge is 2.18. The summed E-state index contributed by atoms with van der Waals surface area (Å²) in [5.74, 6) is 0.697. The zero-order chi connectivity index (χ0) is 15.4. The Morgan fingerprint density at radius 1 is 1.33 bits per heavy atom. The number of hydrogen-bond donors (Lipinski definition) is 1. The Balaban J connectivity index is 2.24. The number of anilines is 1. The van der Waals surface area contributed by atoms with Gasteiger partial charge in [0.1, 0.15) is 17.5 Å². The van der Waals surface area contributed by atoms with Crippen LogP contribution in [-0.2, 0) is 4.79 Å². The van der Waals surface area contributed by atoms with Gasteiger partial charge >= 0.3 is 0 Å². The summed E-state index contributed by atoms with van der Waals surface area (Å²) in [6.45, 7) is 1.75. The van der Waals surface area contributed by atoms with Crippen molar-refractivity contribution >= 4 is 23.2 Å². The third-order valence-corrected chi connectivity index (χ3v) is 3.33. The Hall–Kier alpha value is -2.21. The smallest absolute Gasteiger partial charge is 0.249 e. The second-order valence-corrected chi connectivity index (χ2v) is 4.75. The van der Waals surface area contributed by atoms with Crippen molar-refractivity contribution in [3.05, 3.63) is 35.6 Å². The van der Waals surface area contributed by atoms with Gasteiger partial charge in [0, 0.05) is 24.5 Å². The molecule has 1 atom stereocenters. The summed E-state index contributed by atoms with van der Waals surface area (Å²) in [4.78, 5) is 12.3. The zero-order valence-corrected chi connectivity index (χ0v) is 12.7. The Morgan fingerprint density at radius 2 is 2.05 bits per heavy atom. The van der Waals surface area contributed by atoms with Crippen molar-refractivity contribution in [1.29, 1.82) is 0 Å². The second kappa shape index (κ2) is 6.49. The van der Waals surface area contributed by atoms with Crippen LogP contribution >= 0.6 is 11.6 Å². The van der Waals surface area contributed by atoms with Gasteiger partial charge in [0.2, 0.25) is 5.91 Å². The molecule has 0 aliphatic heterocycles. The van der Waals surface area contributed by atoms with Crippen LogP contribution in [0.4, 0.5) is 5.69 Å². The minimum Gasteiger partial charge on any atom is -0.495 e. The number of aromatic nitrogens is 2. The van der Waals surface area contributed by atoms with Crippen molar-refractivity contribution in [2.45, 2.75) is 13.0 Å². The average molecular weight is 310 g/mol. The van der Waals surface area contributed by atoms with Crippen molar-refractivity contribution < 1.29 is 14.3 Å². The molecule has 7 heteroatoms. The fraction of sp³-hybridized carbons (Fsp3) is 0.286. The molecule has 2 aromatic rings. The second-order valence-electron chi connectivity index (χ2n) is 4.34. The fourth-order valence-electron chi connectivity index (χ4n) is 1.83. The van der Waals surface area contributed by atoms with E-state index in [0.717, 1.165) is 0 Å². The molecule has 1 unspecified atom stereocenters. The van der Waals surface area contributed by atoms with Crippen LogP contribution < -0.4 is 14.8 Å². The lowest BCUT2D eigenvalue weighted by Crippen LogP contribution is -2.24. The fourth-order valence-corrected chi connectivity index (χ4v) is 2.06. The number of halogens is 1. The molecule has 0 radical (unpaired) electrons. The highest BCUT2D eigenvalue weighted by atomic mass is 35.5. The van der Waals surface area contributed by atoms with Gasteiger partial charge in [0.15, 0.2) is 0 Å². The molecular weight excluding hydrogens is 294 g/mol. The number of amides is 1. The molecule has 1 N–H and O–H groups in total. The number of nitrogens with zero attached hydrogens (tertiary/aromatic N) is 2. The lowest BCUT2D eigenvalue weighted by molar-refractivity contribution is -0.119. The molecule has 21 heavy (non-hydrogen) atoms. The lowest BCUT2D eigenvalue weighted by Gasteiger charge is -2.16. The molecular formula is C14H16ClN3O3. The lowest BCUT2D eigenvalue weighted by atomic mass is 10.2. The van der Waals surface area contributed by atoms with Gasteiger partial charge in [-0.2, -0.15) is 5.10 Å². The predicted octanol–water partition coefficient (Wildman–Crippen LogP) is 2.75. The summed E-state index contributed by atoms with van der Waals surface area (Å²) in [5, 5.41) is 7.25. The van der Waals surface area contributed by atoms with Gasteiger partial charge < -0.3 is 14.8 Å². The average Bonchev–Trinajstić information content (AvgIpc) is 3.01. The zero-order valence-electron chi connectivity index (χ0n) is 12.0. The molecule has 0 bridgehead atoms. The number of carbonyl (C=O) groups is 1. The van der Waals surface area contributed by atoms with Crippen molar-refractivity contribution in [2.75, 3.05) is 19.5 Å². The summed E-state index contributed by atoms with van der Waals surface area (Å²) < 4.78 is 11.9. The van der Waals surface area contributed by atoms with Gasteiger partial charge in [0.25, 0.3) is 0 Å². The Kier molecular flexibility index (Phi) is 4.70. The number of hydrogen-bond acceptors (Lipinski definition) is 4. The Labute approximate surface area is 127 Å². The van der Waals surface area contributed by atoms with E-state index in [1.54, 1.807) is 42.2 Å². The topological polar surface area (TPSA) is 65.4 Å². The molecule has 1 amide bonds. The molecule has 2 rings (SSSR count). The highest BCUT2D eigenvalue weighted by Crippen LogP contribution is 2.36. The molecule has 0 fully saturated rings. The summed E-state index contributed by atoms with van der Waals surface area (Å²) in [6, 6.07) is 4.52. The number of ether oxygens (including phenoxy) is 2. The first kappa shape index (κ1) is 15.2. The largest absolute Gasteiger partial charge is 0.495 e. The molecule has 0 spiro atoms. The maximum absolute atomic E-state index is 12.3. The van der Waals surface area contributed by atoms with Gasteiger partial charge in [-0.3, -0.25) is 9.48 Å². The van der Waals surface area contributed by atoms with Crippen LogP contribution in [0.25, 0.3) is 0 Å². The van der Waals surface area contributed by atoms with E-state index in [0.29, 0.717) is 22.2 Å². The number of rotatable bonds is 5. The van der Waals surface area contributed by atoms with E-state index >= 15 is 0 Å². The first-order valence-electron chi connectivity index (χ1n) is 6.28. The third-order valence-electron chi connectivity index (χ3n) is 3.03. The van der Waals surface area contributed by atoms with Gasteiger partial charge in [-0.1, -0.05) is 11.6 Å². The predicted molar refractivity (Wildman–Crippen MR) is 80.1 cm³/mol. The highest BCUT2D eigenvalue weighted by molar-refractivity contribution is 6.32. The number of nitrogens with one attached hydrogen (secondary N) is 1. The maximum Gasteiger partial charge on any atom is 0.249 e. The summed E-state index contributed by atoms with van der Waals surface area (Å²) in [6.07, 6.45) is 3.35. The molecule has 0 aliphatic carbocycles.